The van der Waals surface area contributed by atoms with Crippen LogP contribution >= 0.6 is 22.9 Å². The molecule has 3 aromatic rings. The zero-order valence-corrected chi connectivity index (χ0v) is 17.4. The molecule has 3 heterocycles. The Labute approximate surface area is 176 Å². The van der Waals surface area contributed by atoms with Crippen molar-refractivity contribution in [1.82, 2.24) is 9.88 Å². The first kappa shape index (κ1) is 19.6. The first-order valence-electron chi connectivity index (χ1n) is 8.46. The Morgan fingerprint density at radius 1 is 1.10 bits per heavy atom. The number of halogens is 1. The van der Waals surface area contributed by atoms with Crippen molar-refractivity contribution < 1.29 is 18.0 Å². The highest BCUT2D eigenvalue weighted by Crippen LogP contribution is 2.30. The van der Waals surface area contributed by atoms with Gasteiger partial charge in [-0.2, -0.15) is 0 Å². The van der Waals surface area contributed by atoms with Crippen LogP contribution in [0.4, 0.5) is 5.69 Å². The molecule has 0 radical (unpaired) electrons. The summed E-state index contributed by atoms with van der Waals surface area (Å²) in [6.45, 7) is 1.70. The molecule has 148 valence electrons. The predicted molar refractivity (Wildman–Crippen MR) is 110 cm³/mol. The Morgan fingerprint density at radius 2 is 1.90 bits per heavy atom. The van der Waals surface area contributed by atoms with E-state index in [1.165, 1.54) is 12.3 Å². The average molecular weight is 448 g/mol. The number of carbonyl (C=O) groups is 2. The SMILES string of the molecule is Cc1c(Cl)cccc1NS(=O)(=O)c1ccc(CN2C(=O)c3cccnc3C2=O)s1. The number of sulfonamides is 1. The molecule has 1 aromatic carbocycles. The smallest absolute Gasteiger partial charge is 0.279 e. The van der Waals surface area contributed by atoms with Crippen molar-refractivity contribution >= 4 is 50.5 Å². The normalized spacial score (nSPS) is 13.7. The predicted octanol–water partition coefficient (Wildman–Crippen LogP) is 3.70. The maximum absolute atomic E-state index is 12.7. The maximum atomic E-state index is 12.7. The number of benzene rings is 1. The van der Waals surface area contributed by atoms with Gasteiger partial charge in [-0.15, -0.1) is 11.3 Å². The molecule has 10 heteroatoms. The molecule has 0 bridgehead atoms. The van der Waals surface area contributed by atoms with Gasteiger partial charge < -0.3 is 0 Å². The van der Waals surface area contributed by atoms with Crippen LogP contribution in [0.5, 0.6) is 0 Å². The maximum Gasteiger partial charge on any atom is 0.280 e. The third kappa shape index (κ3) is 3.52. The van der Waals surface area contributed by atoms with E-state index >= 15 is 0 Å². The van der Waals surface area contributed by atoms with Crippen molar-refractivity contribution in [2.75, 3.05) is 4.72 Å². The van der Waals surface area contributed by atoms with Crippen molar-refractivity contribution in [3.05, 3.63) is 75.4 Å². The van der Waals surface area contributed by atoms with Gasteiger partial charge in [-0.3, -0.25) is 24.2 Å². The lowest BCUT2D eigenvalue weighted by molar-refractivity contribution is 0.0642. The van der Waals surface area contributed by atoms with Gasteiger partial charge in [-0.25, -0.2) is 8.42 Å². The minimum Gasteiger partial charge on any atom is -0.279 e. The number of anilines is 1. The molecule has 1 aliphatic heterocycles. The summed E-state index contributed by atoms with van der Waals surface area (Å²) in [5.74, 6) is -0.931. The summed E-state index contributed by atoms with van der Waals surface area (Å²) in [5.41, 5.74) is 1.37. The molecule has 4 rings (SSSR count). The van der Waals surface area contributed by atoms with Crippen LogP contribution in [0.25, 0.3) is 0 Å². The lowest BCUT2D eigenvalue weighted by atomic mass is 10.2. The van der Waals surface area contributed by atoms with Crippen molar-refractivity contribution in [2.24, 2.45) is 0 Å². The van der Waals surface area contributed by atoms with E-state index in [9.17, 15) is 18.0 Å². The Balaban J connectivity index is 1.55. The van der Waals surface area contributed by atoms with Gasteiger partial charge in [0.15, 0.2) is 0 Å². The van der Waals surface area contributed by atoms with E-state index in [-0.39, 0.29) is 22.0 Å². The number of hydrogen-bond acceptors (Lipinski definition) is 6. The average Bonchev–Trinajstić information content (AvgIpc) is 3.26. The van der Waals surface area contributed by atoms with Crippen LogP contribution in [0.2, 0.25) is 5.02 Å². The molecule has 0 fully saturated rings. The third-order valence-electron chi connectivity index (χ3n) is 4.46. The van der Waals surface area contributed by atoms with Gasteiger partial charge in [0.2, 0.25) is 0 Å². The largest absolute Gasteiger partial charge is 0.280 e. The quantitative estimate of drug-likeness (QED) is 0.601. The summed E-state index contributed by atoms with van der Waals surface area (Å²) in [4.78, 5) is 30.5. The minimum atomic E-state index is -3.84. The highest BCUT2D eigenvalue weighted by molar-refractivity contribution is 7.94. The topological polar surface area (TPSA) is 96.4 Å². The number of carbonyl (C=O) groups excluding carboxylic acids is 2. The Hall–Kier alpha value is -2.75. The van der Waals surface area contributed by atoms with Crippen LogP contribution in [0.15, 0.2) is 52.9 Å². The van der Waals surface area contributed by atoms with Crippen LogP contribution < -0.4 is 4.72 Å². The zero-order chi connectivity index (χ0) is 20.8. The molecule has 2 amide bonds. The highest BCUT2D eigenvalue weighted by Gasteiger charge is 2.36. The third-order valence-corrected chi connectivity index (χ3v) is 7.80. The summed E-state index contributed by atoms with van der Waals surface area (Å²) >= 11 is 7.04. The van der Waals surface area contributed by atoms with Crippen LogP contribution in [-0.4, -0.2) is 30.1 Å². The number of aromatic nitrogens is 1. The number of rotatable bonds is 5. The van der Waals surface area contributed by atoms with Gasteiger partial charge in [-0.1, -0.05) is 17.7 Å². The van der Waals surface area contributed by atoms with Gasteiger partial charge in [0.25, 0.3) is 21.8 Å². The van der Waals surface area contributed by atoms with E-state index < -0.39 is 21.8 Å². The summed E-state index contributed by atoms with van der Waals surface area (Å²) in [6, 6.07) is 11.1. The van der Waals surface area contributed by atoms with E-state index in [1.807, 2.05) is 0 Å². The lowest BCUT2D eigenvalue weighted by Gasteiger charge is -2.12. The summed E-state index contributed by atoms with van der Waals surface area (Å²) in [5, 5.41) is 0.455. The molecule has 1 N–H and O–H groups in total. The number of imide groups is 1. The number of nitrogens with zero attached hydrogens (tertiary/aromatic N) is 2. The van der Waals surface area contributed by atoms with Crippen LogP contribution in [0, 0.1) is 6.92 Å². The van der Waals surface area contributed by atoms with Crippen LogP contribution in [0.3, 0.4) is 0 Å². The molecule has 2 aromatic heterocycles. The lowest BCUT2D eigenvalue weighted by Crippen LogP contribution is -2.28. The molecule has 0 saturated carbocycles. The summed E-state index contributed by atoms with van der Waals surface area (Å²) in [7, 11) is -3.84. The van der Waals surface area contributed by atoms with Crippen molar-refractivity contribution in [2.45, 2.75) is 17.7 Å². The molecule has 0 aliphatic carbocycles. The number of thiophene rings is 1. The fourth-order valence-electron chi connectivity index (χ4n) is 2.91. The number of amides is 2. The van der Waals surface area contributed by atoms with E-state index in [2.05, 4.69) is 9.71 Å². The highest BCUT2D eigenvalue weighted by atomic mass is 35.5. The molecular formula is C19H14ClN3O4S2. The first-order chi connectivity index (χ1) is 13.8. The van der Waals surface area contributed by atoms with Gasteiger partial charge in [0, 0.05) is 16.1 Å². The fourth-order valence-corrected chi connectivity index (χ4v) is 5.56. The second-order valence-corrected chi connectivity index (χ2v) is 9.82. The summed E-state index contributed by atoms with van der Waals surface area (Å²) in [6.07, 6.45) is 1.45. The monoisotopic (exact) mass is 447 g/mol. The fraction of sp³-hybridized carbons (Fsp3) is 0.105. The van der Waals surface area contributed by atoms with Gasteiger partial charge in [0.05, 0.1) is 17.8 Å². The second kappa shape index (κ2) is 7.25. The van der Waals surface area contributed by atoms with Crippen LogP contribution in [-0.2, 0) is 16.6 Å². The molecule has 0 saturated heterocycles. The van der Waals surface area contributed by atoms with E-state index in [0.717, 1.165) is 16.2 Å². The Morgan fingerprint density at radius 3 is 2.66 bits per heavy atom. The molecule has 0 spiro atoms. The summed E-state index contributed by atoms with van der Waals surface area (Å²) < 4.78 is 28.0. The second-order valence-electron chi connectivity index (χ2n) is 6.33. The Kier molecular flexibility index (Phi) is 4.89. The number of nitrogens with one attached hydrogen (secondary N) is 1. The molecular weight excluding hydrogens is 434 g/mol. The number of pyridine rings is 1. The Bertz CT molecular complexity index is 1220. The molecule has 29 heavy (non-hydrogen) atoms. The molecule has 0 atom stereocenters. The van der Waals surface area contributed by atoms with Crippen molar-refractivity contribution in [3.63, 3.8) is 0 Å². The van der Waals surface area contributed by atoms with Gasteiger partial charge in [-0.05, 0) is 48.9 Å². The number of fused-ring (bicyclic) bond motifs is 1. The van der Waals surface area contributed by atoms with E-state index in [4.69, 9.17) is 11.6 Å². The zero-order valence-electron chi connectivity index (χ0n) is 15.0. The van der Waals surface area contributed by atoms with E-state index in [1.54, 1.807) is 43.3 Å². The van der Waals surface area contributed by atoms with Crippen molar-refractivity contribution in [1.29, 1.82) is 0 Å². The molecule has 1 aliphatic rings. The van der Waals surface area contributed by atoms with E-state index in [0.29, 0.717) is 21.2 Å². The first-order valence-corrected chi connectivity index (χ1v) is 11.1. The molecule has 0 unspecified atom stereocenters. The number of hydrogen-bond donors (Lipinski definition) is 1. The molecule has 7 nitrogen and oxygen atoms in total. The van der Waals surface area contributed by atoms with Gasteiger partial charge >= 0.3 is 0 Å². The van der Waals surface area contributed by atoms with Crippen LogP contribution in [0.1, 0.15) is 31.3 Å². The van der Waals surface area contributed by atoms with Crippen molar-refractivity contribution in [3.8, 4) is 0 Å². The minimum absolute atomic E-state index is 0.0234. The van der Waals surface area contributed by atoms with Gasteiger partial charge in [0.1, 0.15) is 9.90 Å². The standard InChI is InChI=1S/C19H14ClN3O4S2/c1-11-14(20)5-2-6-15(11)22-29(26,27)16-8-7-12(28-16)10-23-18(24)13-4-3-9-21-17(13)19(23)25/h2-9,22H,10H2,1H3.